The molecule has 48 valence electrons. The molecule has 0 aromatic heterocycles. The molecule has 0 N–H and O–H groups in total. The van der Waals surface area contributed by atoms with Crippen LogP contribution in [-0.4, -0.2) is 17.0 Å². The summed E-state index contributed by atoms with van der Waals surface area (Å²) >= 11 is 2.18. The fraction of sp³-hybridized carbons (Fsp3) is 1.00. The highest BCUT2D eigenvalue weighted by Crippen LogP contribution is 2.29. The molecule has 3 heteroatoms. The largest absolute Gasteiger partial charge is 0.339 e. The Hall–Kier alpha value is 0.650. The maximum absolute atomic E-state index is 5.25. The van der Waals surface area contributed by atoms with Crippen LogP contribution in [0.25, 0.3) is 0 Å². The number of rotatable bonds is 1. The Bertz CT molecular complexity index is 78.5. The molecule has 0 bridgehead atoms. The van der Waals surface area contributed by atoms with E-state index in [1.807, 2.05) is 0 Å². The van der Waals surface area contributed by atoms with Crippen LogP contribution in [0.3, 0.4) is 0 Å². The van der Waals surface area contributed by atoms with Crippen LogP contribution < -0.4 is 0 Å². The monoisotopic (exact) mass is 228 g/mol. The van der Waals surface area contributed by atoms with Gasteiger partial charge in [-0.05, 0) is 22.6 Å². The van der Waals surface area contributed by atoms with Gasteiger partial charge in [-0.25, -0.2) is 0 Å². The summed E-state index contributed by atoms with van der Waals surface area (Å²) in [5, 5.41) is 0. The summed E-state index contributed by atoms with van der Waals surface area (Å²) in [6.07, 6.45) is 0.924. The van der Waals surface area contributed by atoms with Crippen molar-refractivity contribution in [2.24, 2.45) is 0 Å². The molecular formula is C5H9IO2. The van der Waals surface area contributed by atoms with Crippen LogP contribution in [-0.2, 0) is 9.47 Å². The molecule has 0 spiro atoms. The second-order valence-electron chi connectivity index (χ2n) is 1.71. The summed E-state index contributed by atoms with van der Waals surface area (Å²) < 4.78 is 10.2. The van der Waals surface area contributed by atoms with E-state index < -0.39 is 0 Å². The predicted octanol–water partition coefficient (Wildman–Crippen LogP) is 1.53. The van der Waals surface area contributed by atoms with Crippen LogP contribution >= 0.6 is 22.6 Å². The first kappa shape index (κ1) is 6.77. The zero-order valence-corrected chi connectivity index (χ0v) is 6.97. The molecule has 0 amide bonds. The third-order valence-corrected chi connectivity index (χ3v) is 2.53. The SMILES string of the molecule is CCC1(I)OCCO1. The molecule has 1 heterocycles. The van der Waals surface area contributed by atoms with Gasteiger partial charge in [-0.2, -0.15) is 0 Å². The number of hydrogen-bond donors (Lipinski definition) is 0. The molecule has 1 aliphatic heterocycles. The Morgan fingerprint density at radius 2 is 2.00 bits per heavy atom. The highest BCUT2D eigenvalue weighted by molar-refractivity contribution is 14.1. The van der Waals surface area contributed by atoms with E-state index in [2.05, 4.69) is 29.5 Å². The van der Waals surface area contributed by atoms with Gasteiger partial charge in [0, 0.05) is 6.42 Å². The minimum atomic E-state index is -0.294. The van der Waals surface area contributed by atoms with Gasteiger partial charge in [0.05, 0.1) is 13.2 Å². The first-order chi connectivity index (χ1) is 3.77. The number of ether oxygens (including phenoxy) is 2. The quantitative estimate of drug-likeness (QED) is 0.500. The van der Waals surface area contributed by atoms with E-state index in [0.29, 0.717) is 0 Å². The minimum absolute atomic E-state index is 0.294. The summed E-state index contributed by atoms with van der Waals surface area (Å²) in [6, 6.07) is 0. The first-order valence-corrected chi connectivity index (χ1v) is 3.81. The lowest BCUT2D eigenvalue weighted by molar-refractivity contribution is -0.0605. The Balaban J connectivity index is 2.40. The third kappa shape index (κ3) is 1.33. The molecule has 0 unspecified atom stereocenters. The highest BCUT2D eigenvalue weighted by Gasteiger charge is 2.30. The predicted molar refractivity (Wildman–Crippen MR) is 38.9 cm³/mol. The van der Waals surface area contributed by atoms with Gasteiger partial charge in [-0.1, -0.05) is 6.92 Å². The Kier molecular flexibility index (Phi) is 2.11. The smallest absolute Gasteiger partial charge is 0.221 e. The zero-order chi connectivity index (χ0) is 6.04. The summed E-state index contributed by atoms with van der Waals surface area (Å²) in [5.74, 6) is 0. The second-order valence-corrected chi connectivity index (χ2v) is 3.35. The van der Waals surface area contributed by atoms with Crippen molar-refractivity contribution in [1.29, 1.82) is 0 Å². The van der Waals surface area contributed by atoms with Gasteiger partial charge >= 0.3 is 0 Å². The number of alkyl halides is 1. The van der Waals surface area contributed by atoms with Crippen molar-refractivity contribution in [3.63, 3.8) is 0 Å². The summed E-state index contributed by atoms with van der Waals surface area (Å²) in [6.45, 7) is 3.55. The molecule has 1 saturated heterocycles. The van der Waals surface area contributed by atoms with Crippen LogP contribution in [0.4, 0.5) is 0 Å². The van der Waals surface area contributed by atoms with Crippen LogP contribution in [0.1, 0.15) is 13.3 Å². The molecule has 0 atom stereocenters. The Morgan fingerprint density at radius 1 is 1.50 bits per heavy atom. The summed E-state index contributed by atoms with van der Waals surface area (Å²) in [5.41, 5.74) is 0. The lowest BCUT2D eigenvalue weighted by Gasteiger charge is -2.16. The maximum Gasteiger partial charge on any atom is 0.221 e. The van der Waals surface area contributed by atoms with Gasteiger partial charge < -0.3 is 9.47 Å². The van der Waals surface area contributed by atoms with E-state index in [1.54, 1.807) is 0 Å². The molecule has 2 nitrogen and oxygen atoms in total. The van der Waals surface area contributed by atoms with Crippen molar-refractivity contribution in [3.8, 4) is 0 Å². The third-order valence-electron chi connectivity index (χ3n) is 1.14. The molecule has 1 rings (SSSR count). The van der Waals surface area contributed by atoms with Gasteiger partial charge in [0.15, 0.2) is 0 Å². The van der Waals surface area contributed by atoms with E-state index in [0.717, 1.165) is 19.6 Å². The molecule has 1 fully saturated rings. The minimum Gasteiger partial charge on any atom is -0.339 e. The lowest BCUT2D eigenvalue weighted by Crippen LogP contribution is -2.18. The fourth-order valence-electron chi connectivity index (χ4n) is 0.634. The molecule has 0 aromatic carbocycles. The van der Waals surface area contributed by atoms with Gasteiger partial charge in [0.25, 0.3) is 0 Å². The summed E-state index contributed by atoms with van der Waals surface area (Å²) in [7, 11) is 0. The first-order valence-electron chi connectivity index (χ1n) is 2.74. The van der Waals surface area contributed by atoms with Crippen molar-refractivity contribution in [3.05, 3.63) is 0 Å². The van der Waals surface area contributed by atoms with Crippen LogP contribution in [0, 0.1) is 0 Å². The van der Waals surface area contributed by atoms with E-state index in [9.17, 15) is 0 Å². The number of hydrogen-bond acceptors (Lipinski definition) is 2. The van der Waals surface area contributed by atoms with Crippen LogP contribution in [0.5, 0.6) is 0 Å². The molecule has 8 heavy (non-hydrogen) atoms. The maximum atomic E-state index is 5.25. The van der Waals surface area contributed by atoms with Crippen molar-refractivity contribution in [2.45, 2.75) is 17.1 Å². The van der Waals surface area contributed by atoms with Crippen molar-refractivity contribution in [1.82, 2.24) is 0 Å². The number of halogens is 1. The molecule has 0 radical (unpaired) electrons. The van der Waals surface area contributed by atoms with Crippen LogP contribution in [0.2, 0.25) is 0 Å². The normalized spacial score (nSPS) is 26.2. The van der Waals surface area contributed by atoms with E-state index in [-0.39, 0.29) is 3.79 Å². The molecule has 0 saturated carbocycles. The fourth-order valence-corrected chi connectivity index (χ4v) is 1.07. The molecular weight excluding hydrogens is 219 g/mol. The molecule has 0 aromatic rings. The van der Waals surface area contributed by atoms with E-state index in [4.69, 9.17) is 9.47 Å². The van der Waals surface area contributed by atoms with Gasteiger partial charge in [-0.15, -0.1) is 0 Å². The van der Waals surface area contributed by atoms with E-state index >= 15 is 0 Å². The molecule has 1 aliphatic rings. The highest BCUT2D eigenvalue weighted by atomic mass is 127. The van der Waals surface area contributed by atoms with Crippen molar-refractivity contribution < 1.29 is 9.47 Å². The van der Waals surface area contributed by atoms with Crippen molar-refractivity contribution >= 4 is 22.6 Å². The second kappa shape index (κ2) is 2.49. The Morgan fingerprint density at radius 3 is 2.25 bits per heavy atom. The van der Waals surface area contributed by atoms with Gasteiger partial charge in [0.2, 0.25) is 3.79 Å². The van der Waals surface area contributed by atoms with Crippen LogP contribution in [0.15, 0.2) is 0 Å². The van der Waals surface area contributed by atoms with Gasteiger partial charge in [-0.3, -0.25) is 0 Å². The Labute approximate surface area is 62.7 Å². The summed E-state index contributed by atoms with van der Waals surface area (Å²) in [4.78, 5) is 0. The van der Waals surface area contributed by atoms with Gasteiger partial charge in [0.1, 0.15) is 0 Å². The molecule has 0 aliphatic carbocycles. The lowest BCUT2D eigenvalue weighted by atomic mass is 10.5. The zero-order valence-electron chi connectivity index (χ0n) is 4.82. The average Bonchev–Trinajstić information content (AvgIpc) is 2.17. The van der Waals surface area contributed by atoms with E-state index in [1.165, 1.54) is 0 Å². The van der Waals surface area contributed by atoms with Crippen molar-refractivity contribution in [2.75, 3.05) is 13.2 Å². The standard InChI is InChI=1S/C5H9IO2/c1-2-5(6)7-3-4-8-5/h2-4H2,1H3. The average molecular weight is 228 g/mol. The topological polar surface area (TPSA) is 18.5 Å².